The predicted molar refractivity (Wildman–Crippen MR) is 118 cm³/mol. The number of imidazole rings is 1. The average molecular weight is 432 g/mol. The predicted octanol–water partition coefficient (Wildman–Crippen LogP) is 3.22. The molecule has 1 aromatic heterocycles. The van der Waals surface area contributed by atoms with E-state index in [-0.39, 0.29) is 30.0 Å². The molecule has 5 rings (SSSR count). The van der Waals surface area contributed by atoms with Gasteiger partial charge in [-0.25, -0.2) is 9.37 Å². The summed E-state index contributed by atoms with van der Waals surface area (Å²) in [6.45, 7) is 1.51. The van der Waals surface area contributed by atoms with Crippen LogP contribution in [0.25, 0.3) is 11.4 Å². The van der Waals surface area contributed by atoms with Crippen LogP contribution in [0.5, 0.6) is 0 Å². The van der Waals surface area contributed by atoms with E-state index in [2.05, 4.69) is 20.2 Å². The third-order valence-electron chi connectivity index (χ3n) is 6.63. The number of rotatable bonds is 5. The number of amides is 2. The second-order valence-corrected chi connectivity index (χ2v) is 8.49. The van der Waals surface area contributed by atoms with E-state index in [4.69, 9.17) is 0 Å². The lowest BCUT2D eigenvalue weighted by Crippen LogP contribution is -2.43. The number of halogens is 1. The number of nitrogens with zero attached hydrogens (tertiary/aromatic N) is 2. The number of fused-ring (bicyclic) bond motifs is 3. The Morgan fingerprint density at radius 1 is 1.19 bits per heavy atom. The van der Waals surface area contributed by atoms with Gasteiger partial charge in [0.1, 0.15) is 11.6 Å². The Balaban J connectivity index is 1.46. The minimum absolute atomic E-state index is 0.148. The molecule has 2 aliphatic heterocycles. The van der Waals surface area contributed by atoms with Gasteiger partial charge in [-0.15, -0.1) is 0 Å². The molecule has 2 amide bonds. The first-order chi connectivity index (χ1) is 15.6. The lowest BCUT2D eigenvalue weighted by Gasteiger charge is -2.33. The van der Waals surface area contributed by atoms with E-state index in [1.54, 1.807) is 18.3 Å². The number of hydrogen-bond donors (Lipinski definition) is 2. The van der Waals surface area contributed by atoms with Gasteiger partial charge in [-0.1, -0.05) is 36.4 Å². The van der Waals surface area contributed by atoms with Crippen molar-refractivity contribution in [1.29, 1.82) is 0 Å². The van der Waals surface area contributed by atoms with Gasteiger partial charge in [0.2, 0.25) is 11.8 Å². The van der Waals surface area contributed by atoms with Gasteiger partial charge < -0.3 is 9.88 Å². The summed E-state index contributed by atoms with van der Waals surface area (Å²) in [5.41, 5.74) is 2.18. The molecule has 2 aliphatic rings. The summed E-state index contributed by atoms with van der Waals surface area (Å²) in [6, 6.07) is 14.4. The quantitative estimate of drug-likeness (QED) is 0.649. The largest absolute Gasteiger partial charge is 0.317 e. The topological polar surface area (TPSA) is 76.0 Å². The lowest BCUT2D eigenvalue weighted by molar-refractivity contribution is -0.133. The van der Waals surface area contributed by atoms with Crippen molar-refractivity contribution in [3.8, 4) is 11.4 Å². The van der Waals surface area contributed by atoms with Crippen LogP contribution < -0.4 is 10.6 Å². The molecular formula is C25H25FN4O2. The Morgan fingerprint density at radius 3 is 2.78 bits per heavy atom. The van der Waals surface area contributed by atoms with Crippen LogP contribution in [-0.4, -0.2) is 34.5 Å². The van der Waals surface area contributed by atoms with E-state index in [1.807, 2.05) is 30.5 Å². The Bertz CT molecular complexity index is 1150. The van der Waals surface area contributed by atoms with Crippen molar-refractivity contribution in [1.82, 2.24) is 20.2 Å². The molecule has 0 aliphatic carbocycles. The molecule has 2 atom stereocenters. The van der Waals surface area contributed by atoms with Crippen molar-refractivity contribution in [3.05, 3.63) is 77.9 Å². The smallest absolute Gasteiger partial charge is 0.230 e. The van der Waals surface area contributed by atoms with E-state index < -0.39 is 5.54 Å². The average Bonchev–Trinajstić information content (AvgIpc) is 3.40. The summed E-state index contributed by atoms with van der Waals surface area (Å²) in [4.78, 5) is 29.9. The number of hydrogen-bond acceptors (Lipinski definition) is 4. The van der Waals surface area contributed by atoms with Gasteiger partial charge in [0.15, 0.2) is 0 Å². The van der Waals surface area contributed by atoms with E-state index in [9.17, 15) is 14.0 Å². The van der Waals surface area contributed by atoms with Crippen LogP contribution in [0.3, 0.4) is 0 Å². The highest BCUT2D eigenvalue weighted by Gasteiger charge is 2.44. The number of piperidine rings is 1. The summed E-state index contributed by atoms with van der Waals surface area (Å²) in [6.07, 6.45) is 5.92. The van der Waals surface area contributed by atoms with Gasteiger partial charge in [0.05, 0.1) is 11.5 Å². The fourth-order valence-electron chi connectivity index (χ4n) is 5.07. The molecule has 1 saturated heterocycles. The maximum absolute atomic E-state index is 13.7. The molecule has 2 unspecified atom stereocenters. The highest BCUT2D eigenvalue weighted by molar-refractivity contribution is 5.96. The van der Waals surface area contributed by atoms with E-state index in [0.29, 0.717) is 13.0 Å². The molecule has 1 fully saturated rings. The first-order valence-corrected chi connectivity index (χ1v) is 11.0. The van der Waals surface area contributed by atoms with Crippen LogP contribution in [0.2, 0.25) is 0 Å². The lowest BCUT2D eigenvalue weighted by atomic mass is 9.79. The van der Waals surface area contributed by atoms with Gasteiger partial charge in [0, 0.05) is 30.9 Å². The number of aromatic nitrogens is 2. The highest BCUT2D eigenvalue weighted by atomic mass is 19.1. The minimum Gasteiger partial charge on any atom is -0.317 e. The maximum atomic E-state index is 13.7. The molecule has 0 radical (unpaired) electrons. The third-order valence-corrected chi connectivity index (χ3v) is 6.63. The minimum atomic E-state index is -0.705. The Labute approximate surface area is 185 Å². The zero-order valence-electron chi connectivity index (χ0n) is 17.7. The second-order valence-electron chi connectivity index (χ2n) is 8.49. The molecule has 32 heavy (non-hydrogen) atoms. The summed E-state index contributed by atoms with van der Waals surface area (Å²) in [5, 5.41) is 5.79. The zero-order chi connectivity index (χ0) is 22.1. The zero-order valence-corrected chi connectivity index (χ0v) is 17.7. The first kappa shape index (κ1) is 20.6. The molecule has 6 nitrogen and oxygen atoms in total. The standard InChI is InChI=1S/C25H25FN4O2/c26-19-9-7-18(8-10-19)25(12-11-22(31)29-24(32)17-4-3-13-27-16-17)21-6-2-1-5-20(21)23-28-14-15-30(23)25/h1-2,5-10,14-15,17,27H,3-4,11-13,16H2,(H,29,31,32). The van der Waals surface area contributed by atoms with Crippen LogP contribution in [0.1, 0.15) is 36.8 Å². The number of carbonyl (C=O) groups is 2. The third kappa shape index (κ3) is 3.42. The summed E-state index contributed by atoms with van der Waals surface area (Å²) in [7, 11) is 0. The van der Waals surface area contributed by atoms with Crippen LogP contribution in [0.4, 0.5) is 4.39 Å². The number of benzene rings is 2. The molecule has 7 heteroatoms. The number of carbonyl (C=O) groups excluding carboxylic acids is 2. The van der Waals surface area contributed by atoms with E-state index >= 15 is 0 Å². The molecule has 2 aromatic carbocycles. The van der Waals surface area contributed by atoms with Crippen molar-refractivity contribution >= 4 is 11.8 Å². The molecule has 0 spiro atoms. The SMILES string of the molecule is O=C(CCC1(c2ccc(F)cc2)c2ccccc2-c2nccn21)NC(=O)C1CCCNC1. The molecular weight excluding hydrogens is 407 g/mol. The van der Waals surface area contributed by atoms with E-state index in [1.165, 1.54) is 12.1 Å². The van der Waals surface area contributed by atoms with Gasteiger partial charge in [-0.05, 0) is 49.1 Å². The summed E-state index contributed by atoms with van der Waals surface area (Å²) < 4.78 is 15.8. The van der Waals surface area contributed by atoms with Crippen LogP contribution >= 0.6 is 0 Å². The van der Waals surface area contributed by atoms with Crippen LogP contribution in [0, 0.1) is 11.7 Å². The molecule has 2 N–H and O–H groups in total. The Morgan fingerprint density at radius 2 is 2.00 bits per heavy atom. The molecule has 0 saturated carbocycles. The Hall–Kier alpha value is -3.32. The first-order valence-electron chi connectivity index (χ1n) is 11.0. The fraction of sp³-hybridized carbons (Fsp3) is 0.320. The molecule has 3 heterocycles. The molecule has 164 valence electrons. The van der Waals surface area contributed by atoms with Gasteiger partial charge in [0.25, 0.3) is 0 Å². The highest BCUT2D eigenvalue weighted by Crippen LogP contribution is 2.49. The van der Waals surface area contributed by atoms with E-state index in [0.717, 1.165) is 41.9 Å². The normalized spacial score (nSPS) is 21.6. The summed E-state index contributed by atoms with van der Waals surface area (Å²) in [5.74, 6) is -0.187. The monoisotopic (exact) mass is 432 g/mol. The maximum Gasteiger partial charge on any atom is 0.230 e. The van der Waals surface area contributed by atoms with Crippen molar-refractivity contribution in [3.63, 3.8) is 0 Å². The van der Waals surface area contributed by atoms with Gasteiger partial charge in [-0.3, -0.25) is 14.9 Å². The van der Waals surface area contributed by atoms with Crippen molar-refractivity contribution < 1.29 is 14.0 Å². The van der Waals surface area contributed by atoms with Crippen LogP contribution in [-0.2, 0) is 15.1 Å². The van der Waals surface area contributed by atoms with Crippen LogP contribution in [0.15, 0.2) is 60.9 Å². The Kier molecular flexibility index (Phi) is 5.35. The molecule has 3 aromatic rings. The second kappa shape index (κ2) is 8.31. The van der Waals surface area contributed by atoms with Gasteiger partial charge in [-0.2, -0.15) is 0 Å². The molecule has 0 bridgehead atoms. The van der Waals surface area contributed by atoms with Crippen molar-refractivity contribution in [2.24, 2.45) is 5.92 Å². The number of nitrogens with one attached hydrogen (secondary N) is 2. The van der Waals surface area contributed by atoms with Crippen molar-refractivity contribution in [2.75, 3.05) is 13.1 Å². The van der Waals surface area contributed by atoms with Crippen molar-refractivity contribution in [2.45, 2.75) is 31.2 Å². The number of imide groups is 1. The fourth-order valence-corrected chi connectivity index (χ4v) is 5.07. The summed E-state index contributed by atoms with van der Waals surface area (Å²) >= 11 is 0. The van der Waals surface area contributed by atoms with Gasteiger partial charge >= 0.3 is 0 Å².